The van der Waals surface area contributed by atoms with Gasteiger partial charge in [0, 0.05) is 13.3 Å². The molecule has 0 saturated heterocycles. The van der Waals surface area contributed by atoms with Gasteiger partial charge < -0.3 is 74.0 Å². The Morgan fingerprint density at radius 1 is 0.577 bits per heavy atom. The number of aliphatic hydroxyl groups is 1. The van der Waals surface area contributed by atoms with Crippen LogP contribution in [0.2, 0.25) is 0 Å². The van der Waals surface area contributed by atoms with Crippen molar-refractivity contribution in [1.29, 1.82) is 0 Å². The third-order valence-electron chi connectivity index (χ3n) is 10.7. The first kappa shape index (κ1) is 61.6. The van der Waals surface area contributed by atoms with Crippen molar-refractivity contribution in [3.8, 4) is 5.75 Å². The zero-order valence-electron chi connectivity index (χ0n) is 41.2. The van der Waals surface area contributed by atoms with Crippen LogP contribution < -0.4 is 53.6 Å². The van der Waals surface area contributed by atoms with Gasteiger partial charge in [0.1, 0.15) is 54.1 Å². The number of nitrogens with two attached hydrogens (primary N) is 1. The van der Waals surface area contributed by atoms with Gasteiger partial charge in [0.15, 0.2) is 0 Å². The number of phenolic OH excluding ortho intramolecular Hbond substituents is 1. The van der Waals surface area contributed by atoms with E-state index in [9.17, 15) is 78.0 Å². The number of aliphatic carboxylic acids is 2. The highest BCUT2D eigenvalue weighted by Gasteiger charge is 2.37. The first-order valence-electron chi connectivity index (χ1n) is 22.8. The van der Waals surface area contributed by atoms with Crippen molar-refractivity contribution in [2.24, 2.45) is 23.5 Å². The van der Waals surface area contributed by atoms with E-state index in [1.807, 2.05) is 0 Å². The van der Waals surface area contributed by atoms with Crippen LogP contribution in [-0.2, 0) is 64.0 Å². The van der Waals surface area contributed by atoms with Gasteiger partial charge in [-0.1, -0.05) is 60.1 Å². The van der Waals surface area contributed by atoms with Gasteiger partial charge in [-0.25, -0.2) is 4.79 Å². The molecule has 0 bridgehead atoms. The van der Waals surface area contributed by atoms with Crippen LogP contribution in [-0.4, -0.2) is 152 Å². The standard InChI is InChI=1S/C45H70N10O16/c1-10-22(6)36(43(68)51-29(17-32(46)59)40(65)50-30(18-34(61)62)41(66)52-31(45(70)71)15-20(2)3)55-42(67)35(21(4)5)54-44(69)37(24(8)56)53-33(60)19-47-38(63)23(7)48-39(64)28(49-25(9)57)16-26-11-13-27(58)14-12-26/h11-14,20-24,28-31,35-37,56,58H,10,15-19H2,1-9H3,(H2,46,59)(H,47,63)(H,48,64)(H,49,57)(H,50,65)(H,51,68)(H,52,66)(H,53,60)(H,54,69)(H,55,67)(H,61,62)(H,70,71)/t22-,23+,24-,28+,29+,30+,31+,35+,36+,37+/m1/s1. The molecule has 0 heterocycles. The van der Waals surface area contributed by atoms with Crippen LogP contribution in [0.25, 0.3) is 0 Å². The zero-order valence-corrected chi connectivity index (χ0v) is 41.2. The lowest BCUT2D eigenvalue weighted by molar-refractivity contribution is -0.144. The molecule has 0 aliphatic carbocycles. The lowest BCUT2D eigenvalue weighted by Crippen LogP contribution is -2.62. The summed E-state index contributed by atoms with van der Waals surface area (Å²) in [7, 11) is 0. The van der Waals surface area contributed by atoms with Gasteiger partial charge in [0.25, 0.3) is 0 Å². The highest BCUT2D eigenvalue weighted by molar-refractivity contribution is 5.99. The maximum Gasteiger partial charge on any atom is 0.326 e. The molecule has 26 nitrogen and oxygen atoms in total. The number of carboxylic acid groups (broad SMARTS) is 2. The Balaban J connectivity index is 3.15. The lowest BCUT2D eigenvalue weighted by Gasteiger charge is -2.30. The summed E-state index contributed by atoms with van der Waals surface area (Å²) in [5, 5.41) is 60.1. The SMILES string of the molecule is CC[C@@H](C)[C@H](NC(=O)[C@@H](NC(=O)[C@@H](NC(=O)CNC(=O)[C@H](C)NC(=O)[C@H](Cc1ccc(O)cc1)NC(C)=O)[C@@H](C)O)C(C)C)C(=O)N[C@@H](CC(N)=O)C(=O)N[C@@H](CC(=O)O)C(=O)N[C@@H](CC(C)C)C(=O)O. The Hall–Kier alpha value is -7.38. The van der Waals surface area contributed by atoms with Crippen LogP contribution in [0.4, 0.5) is 0 Å². The normalized spacial score (nSPS) is 15.3. The largest absolute Gasteiger partial charge is 0.508 e. The van der Waals surface area contributed by atoms with Gasteiger partial charge in [-0.15, -0.1) is 0 Å². The molecule has 10 atom stereocenters. The number of hydrogen-bond donors (Lipinski definition) is 14. The van der Waals surface area contributed by atoms with Gasteiger partial charge in [0.2, 0.25) is 59.1 Å². The summed E-state index contributed by atoms with van der Waals surface area (Å²) in [6, 6.07) is -6.25. The quantitative estimate of drug-likeness (QED) is 0.0356. The molecule has 0 spiro atoms. The molecule has 10 amide bonds. The second-order valence-electron chi connectivity index (χ2n) is 17.9. The molecule has 0 radical (unpaired) electrons. The van der Waals surface area contributed by atoms with Crippen molar-refractivity contribution in [2.45, 2.75) is 149 Å². The molecule has 15 N–H and O–H groups in total. The van der Waals surface area contributed by atoms with E-state index >= 15 is 0 Å². The average Bonchev–Trinajstić information content (AvgIpc) is 3.26. The van der Waals surface area contributed by atoms with E-state index in [4.69, 9.17) is 5.73 Å². The second-order valence-corrected chi connectivity index (χ2v) is 17.9. The fourth-order valence-corrected chi connectivity index (χ4v) is 6.67. The highest BCUT2D eigenvalue weighted by atomic mass is 16.4. The molecular formula is C45H70N10O16. The first-order chi connectivity index (χ1) is 33.0. The number of hydrogen-bond acceptors (Lipinski definition) is 14. The average molecular weight is 1010 g/mol. The summed E-state index contributed by atoms with van der Waals surface area (Å²) in [4.78, 5) is 154. The summed E-state index contributed by atoms with van der Waals surface area (Å²) >= 11 is 0. The number of carbonyl (C=O) groups excluding carboxylic acids is 10. The van der Waals surface area contributed by atoms with Crippen molar-refractivity contribution in [2.75, 3.05) is 6.54 Å². The number of aromatic hydroxyl groups is 1. The molecular weight excluding hydrogens is 937 g/mol. The Labute approximate surface area is 410 Å². The molecule has 0 aromatic heterocycles. The summed E-state index contributed by atoms with van der Waals surface area (Å²) in [5.74, 6) is -14.3. The fourth-order valence-electron chi connectivity index (χ4n) is 6.67. The smallest absolute Gasteiger partial charge is 0.326 e. The second kappa shape index (κ2) is 29.6. The van der Waals surface area contributed by atoms with Crippen LogP contribution in [0.3, 0.4) is 0 Å². The van der Waals surface area contributed by atoms with Crippen molar-refractivity contribution in [1.82, 2.24) is 47.9 Å². The van der Waals surface area contributed by atoms with E-state index in [1.54, 1.807) is 39.8 Å². The number of aliphatic hydroxyl groups excluding tert-OH is 1. The molecule has 71 heavy (non-hydrogen) atoms. The van der Waals surface area contributed by atoms with Crippen LogP contribution >= 0.6 is 0 Å². The number of nitrogens with one attached hydrogen (secondary N) is 9. The van der Waals surface area contributed by atoms with E-state index in [0.717, 1.165) is 6.92 Å². The van der Waals surface area contributed by atoms with E-state index in [1.165, 1.54) is 39.8 Å². The summed E-state index contributed by atoms with van der Waals surface area (Å²) in [6.07, 6.45) is -3.26. The maximum atomic E-state index is 13.9. The molecule has 0 fully saturated rings. The Morgan fingerprint density at radius 3 is 1.55 bits per heavy atom. The Kier molecular flexibility index (Phi) is 25.7. The predicted molar refractivity (Wildman–Crippen MR) is 251 cm³/mol. The molecule has 26 heteroatoms. The molecule has 396 valence electrons. The maximum absolute atomic E-state index is 13.9. The highest BCUT2D eigenvalue weighted by Crippen LogP contribution is 2.14. The molecule has 1 rings (SSSR count). The molecule has 0 aliphatic rings. The lowest BCUT2D eigenvalue weighted by atomic mass is 9.95. The molecule has 0 saturated carbocycles. The summed E-state index contributed by atoms with van der Waals surface area (Å²) < 4.78 is 0. The number of carboxylic acids is 2. The van der Waals surface area contributed by atoms with Crippen LogP contribution in [0.15, 0.2) is 24.3 Å². The topological polar surface area (TPSA) is 420 Å². The number of amides is 10. The molecule has 0 unspecified atom stereocenters. The summed E-state index contributed by atoms with van der Waals surface area (Å²) in [6.45, 7) is 12.5. The molecule has 1 aromatic rings. The van der Waals surface area contributed by atoms with Crippen LogP contribution in [0, 0.1) is 17.8 Å². The van der Waals surface area contributed by atoms with Crippen molar-refractivity contribution in [3.63, 3.8) is 0 Å². The van der Waals surface area contributed by atoms with Crippen molar-refractivity contribution in [3.05, 3.63) is 29.8 Å². The van der Waals surface area contributed by atoms with E-state index in [2.05, 4.69) is 47.9 Å². The molecule has 1 aromatic carbocycles. The third-order valence-corrected chi connectivity index (χ3v) is 10.7. The van der Waals surface area contributed by atoms with Gasteiger partial charge in [-0.3, -0.25) is 52.7 Å². The number of primary amides is 1. The predicted octanol–water partition coefficient (Wildman–Crippen LogP) is -3.47. The van der Waals surface area contributed by atoms with Gasteiger partial charge >= 0.3 is 11.9 Å². The number of benzene rings is 1. The Morgan fingerprint density at radius 2 is 1.07 bits per heavy atom. The first-order valence-corrected chi connectivity index (χ1v) is 22.8. The zero-order chi connectivity index (χ0) is 54.4. The number of rotatable bonds is 30. The van der Waals surface area contributed by atoms with Gasteiger partial charge in [0.05, 0.1) is 25.5 Å². The minimum absolute atomic E-state index is 0.0116. The molecule has 0 aliphatic heterocycles. The van der Waals surface area contributed by atoms with Crippen molar-refractivity contribution >= 4 is 71.0 Å². The van der Waals surface area contributed by atoms with Crippen molar-refractivity contribution < 1.29 is 78.0 Å². The van der Waals surface area contributed by atoms with Crippen LogP contribution in [0.1, 0.15) is 93.6 Å². The van der Waals surface area contributed by atoms with Crippen LogP contribution in [0.5, 0.6) is 5.75 Å². The minimum Gasteiger partial charge on any atom is -0.508 e. The van der Waals surface area contributed by atoms with Gasteiger partial charge in [-0.2, -0.15) is 0 Å². The number of phenols is 1. The monoisotopic (exact) mass is 1010 g/mol. The number of carbonyl (C=O) groups is 12. The minimum atomic E-state index is -1.88. The third kappa shape index (κ3) is 22.3. The fraction of sp³-hybridized carbons (Fsp3) is 0.600. The van der Waals surface area contributed by atoms with E-state index in [-0.39, 0.29) is 30.9 Å². The summed E-state index contributed by atoms with van der Waals surface area (Å²) in [5.41, 5.74) is 5.94. The van der Waals surface area contributed by atoms with Gasteiger partial charge in [-0.05, 0) is 55.7 Å². The Bertz CT molecular complexity index is 2080. The van der Waals surface area contributed by atoms with E-state index < -0.39 is 157 Å². The van der Waals surface area contributed by atoms with E-state index in [0.29, 0.717) is 5.56 Å².